The molecule has 1 saturated heterocycles. The molecular formula is C12H15Br2N. The standard InChI is InChI=1S/C12H15Br2N/c1-9-4-5-15(8-9)12-6-11(14)3-2-10(12)7-13/h2-3,6,9H,4-5,7-8H2,1H3. The molecule has 1 fully saturated rings. The Kier molecular flexibility index (Phi) is 3.73. The Balaban J connectivity index is 2.29. The van der Waals surface area contributed by atoms with Crippen LogP contribution in [-0.4, -0.2) is 13.1 Å². The summed E-state index contributed by atoms with van der Waals surface area (Å²) in [5, 5.41) is 0.931. The predicted octanol–water partition coefficient (Wildman–Crippen LogP) is 4.19. The van der Waals surface area contributed by atoms with E-state index in [1.54, 1.807) is 0 Å². The van der Waals surface area contributed by atoms with E-state index in [0.29, 0.717) is 0 Å². The Hall–Kier alpha value is -0.0200. The number of rotatable bonds is 2. The van der Waals surface area contributed by atoms with E-state index >= 15 is 0 Å². The van der Waals surface area contributed by atoms with Crippen molar-refractivity contribution in [2.24, 2.45) is 5.92 Å². The van der Waals surface area contributed by atoms with Gasteiger partial charge in [0.05, 0.1) is 0 Å². The Morgan fingerprint density at radius 2 is 2.27 bits per heavy atom. The molecule has 1 nitrogen and oxygen atoms in total. The lowest BCUT2D eigenvalue weighted by Crippen LogP contribution is -2.20. The topological polar surface area (TPSA) is 3.24 Å². The molecule has 1 unspecified atom stereocenters. The number of halogens is 2. The smallest absolute Gasteiger partial charge is 0.0418 e. The summed E-state index contributed by atoms with van der Waals surface area (Å²) in [7, 11) is 0. The average Bonchev–Trinajstić information content (AvgIpc) is 2.65. The zero-order valence-corrected chi connectivity index (χ0v) is 12.0. The minimum absolute atomic E-state index is 0.826. The summed E-state index contributed by atoms with van der Waals surface area (Å²) in [6.45, 7) is 4.71. The quantitative estimate of drug-likeness (QED) is 0.734. The van der Waals surface area contributed by atoms with E-state index < -0.39 is 0 Å². The summed E-state index contributed by atoms with van der Waals surface area (Å²) in [5.74, 6) is 0.826. The molecule has 0 radical (unpaired) electrons. The first-order valence-electron chi connectivity index (χ1n) is 5.30. The van der Waals surface area contributed by atoms with Gasteiger partial charge in [0.2, 0.25) is 0 Å². The van der Waals surface area contributed by atoms with Gasteiger partial charge in [-0.05, 0) is 30.0 Å². The fourth-order valence-electron chi connectivity index (χ4n) is 2.10. The van der Waals surface area contributed by atoms with E-state index in [1.165, 1.54) is 35.2 Å². The monoisotopic (exact) mass is 331 g/mol. The van der Waals surface area contributed by atoms with Crippen molar-refractivity contribution in [3.63, 3.8) is 0 Å². The average molecular weight is 333 g/mol. The van der Waals surface area contributed by atoms with E-state index in [4.69, 9.17) is 0 Å². The van der Waals surface area contributed by atoms with Gasteiger partial charge >= 0.3 is 0 Å². The van der Waals surface area contributed by atoms with Crippen LogP contribution in [0.5, 0.6) is 0 Å². The predicted molar refractivity (Wildman–Crippen MR) is 72.8 cm³/mol. The maximum atomic E-state index is 3.55. The van der Waals surface area contributed by atoms with Crippen LogP contribution < -0.4 is 4.90 Å². The van der Waals surface area contributed by atoms with Gasteiger partial charge < -0.3 is 4.90 Å². The van der Waals surface area contributed by atoms with E-state index in [1.807, 2.05) is 0 Å². The van der Waals surface area contributed by atoms with Gasteiger partial charge in [0.25, 0.3) is 0 Å². The maximum absolute atomic E-state index is 3.55. The number of alkyl halides is 1. The van der Waals surface area contributed by atoms with Crippen molar-refractivity contribution < 1.29 is 0 Å². The highest BCUT2D eigenvalue weighted by atomic mass is 79.9. The van der Waals surface area contributed by atoms with E-state index in [-0.39, 0.29) is 0 Å². The number of anilines is 1. The summed E-state index contributed by atoms with van der Waals surface area (Å²) in [6, 6.07) is 6.53. The van der Waals surface area contributed by atoms with Crippen molar-refractivity contribution in [3.05, 3.63) is 28.2 Å². The third-order valence-corrected chi connectivity index (χ3v) is 4.05. The molecular weight excluding hydrogens is 318 g/mol. The molecule has 1 aliphatic heterocycles. The molecule has 0 bridgehead atoms. The first-order chi connectivity index (χ1) is 7.20. The molecule has 0 spiro atoms. The SMILES string of the molecule is CC1CCN(c2cc(Br)ccc2CBr)C1. The Morgan fingerprint density at radius 3 is 2.87 bits per heavy atom. The van der Waals surface area contributed by atoms with Crippen LogP contribution in [0.2, 0.25) is 0 Å². The first-order valence-corrected chi connectivity index (χ1v) is 7.21. The Morgan fingerprint density at radius 1 is 1.47 bits per heavy atom. The highest BCUT2D eigenvalue weighted by Crippen LogP contribution is 2.30. The zero-order valence-electron chi connectivity index (χ0n) is 8.84. The van der Waals surface area contributed by atoms with E-state index in [2.05, 4.69) is 61.9 Å². The van der Waals surface area contributed by atoms with Gasteiger partial charge in [-0.25, -0.2) is 0 Å². The van der Waals surface area contributed by atoms with Crippen LogP contribution in [0.4, 0.5) is 5.69 Å². The summed E-state index contributed by atoms with van der Waals surface area (Å²) in [6.07, 6.45) is 1.31. The van der Waals surface area contributed by atoms with Crippen LogP contribution in [0.15, 0.2) is 22.7 Å². The van der Waals surface area contributed by atoms with Gasteiger partial charge in [-0.3, -0.25) is 0 Å². The van der Waals surface area contributed by atoms with E-state index in [9.17, 15) is 0 Å². The van der Waals surface area contributed by atoms with Crippen molar-refractivity contribution in [3.8, 4) is 0 Å². The molecule has 1 aromatic carbocycles. The lowest BCUT2D eigenvalue weighted by molar-refractivity contribution is 0.659. The number of hydrogen-bond acceptors (Lipinski definition) is 1. The third kappa shape index (κ3) is 2.56. The van der Waals surface area contributed by atoms with Crippen LogP contribution in [0.25, 0.3) is 0 Å². The summed E-state index contributed by atoms with van der Waals surface area (Å²) < 4.78 is 1.17. The lowest BCUT2D eigenvalue weighted by Gasteiger charge is -2.21. The molecule has 0 aromatic heterocycles. The number of benzene rings is 1. The highest BCUT2D eigenvalue weighted by Gasteiger charge is 2.20. The van der Waals surface area contributed by atoms with Crippen molar-refractivity contribution >= 4 is 37.5 Å². The molecule has 3 heteroatoms. The van der Waals surface area contributed by atoms with Crippen molar-refractivity contribution in [2.75, 3.05) is 18.0 Å². The molecule has 1 atom stereocenters. The minimum atomic E-state index is 0.826. The lowest BCUT2D eigenvalue weighted by atomic mass is 10.1. The fraction of sp³-hybridized carbons (Fsp3) is 0.500. The van der Waals surface area contributed by atoms with Crippen molar-refractivity contribution in [1.29, 1.82) is 0 Å². The Labute approximate surface area is 108 Å². The Bertz CT molecular complexity index is 351. The summed E-state index contributed by atoms with van der Waals surface area (Å²) >= 11 is 7.10. The molecule has 82 valence electrons. The molecule has 0 saturated carbocycles. The number of hydrogen-bond donors (Lipinski definition) is 0. The summed E-state index contributed by atoms with van der Waals surface area (Å²) in [5.41, 5.74) is 2.76. The largest absolute Gasteiger partial charge is 0.371 e. The van der Waals surface area contributed by atoms with Crippen LogP contribution in [-0.2, 0) is 5.33 Å². The van der Waals surface area contributed by atoms with Gasteiger partial charge in [0, 0.05) is 28.6 Å². The highest BCUT2D eigenvalue weighted by molar-refractivity contribution is 9.10. The van der Waals surface area contributed by atoms with Crippen LogP contribution in [0, 0.1) is 5.92 Å². The van der Waals surface area contributed by atoms with Gasteiger partial charge in [0.1, 0.15) is 0 Å². The second-order valence-corrected chi connectivity index (χ2v) is 5.72. The molecule has 1 aromatic rings. The van der Waals surface area contributed by atoms with Gasteiger partial charge in [-0.2, -0.15) is 0 Å². The molecule has 1 aliphatic rings. The van der Waals surface area contributed by atoms with Crippen LogP contribution in [0.3, 0.4) is 0 Å². The van der Waals surface area contributed by atoms with Crippen LogP contribution in [0.1, 0.15) is 18.9 Å². The van der Waals surface area contributed by atoms with Crippen LogP contribution >= 0.6 is 31.9 Å². The van der Waals surface area contributed by atoms with Crippen molar-refractivity contribution in [1.82, 2.24) is 0 Å². The van der Waals surface area contributed by atoms with Crippen molar-refractivity contribution in [2.45, 2.75) is 18.7 Å². The minimum Gasteiger partial charge on any atom is -0.371 e. The molecule has 0 N–H and O–H groups in total. The maximum Gasteiger partial charge on any atom is 0.0418 e. The normalized spacial score (nSPS) is 21.0. The first kappa shape index (κ1) is 11.5. The second-order valence-electron chi connectivity index (χ2n) is 4.25. The molecule has 2 rings (SSSR count). The third-order valence-electron chi connectivity index (χ3n) is 2.96. The molecule has 1 heterocycles. The van der Waals surface area contributed by atoms with Gasteiger partial charge in [-0.15, -0.1) is 0 Å². The van der Waals surface area contributed by atoms with Gasteiger partial charge in [-0.1, -0.05) is 44.8 Å². The fourth-order valence-corrected chi connectivity index (χ4v) is 2.92. The van der Waals surface area contributed by atoms with E-state index in [0.717, 1.165) is 11.2 Å². The zero-order chi connectivity index (χ0) is 10.8. The summed E-state index contributed by atoms with van der Waals surface area (Å²) in [4.78, 5) is 2.49. The molecule has 15 heavy (non-hydrogen) atoms. The molecule has 0 aliphatic carbocycles. The number of nitrogens with zero attached hydrogens (tertiary/aromatic N) is 1. The van der Waals surface area contributed by atoms with Gasteiger partial charge in [0.15, 0.2) is 0 Å². The second kappa shape index (κ2) is 4.88. The molecule has 0 amide bonds.